The molecule has 1 aromatic carbocycles. The lowest BCUT2D eigenvalue weighted by Gasteiger charge is -2.12. The summed E-state index contributed by atoms with van der Waals surface area (Å²) >= 11 is 0. The van der Waals surface area contributed by atoms with Crippen molar-refractivity contribution in [3.8, 4) is 11.8 Å². The molecule has 10 nitrogen and oxygen atoms in total. The lowest BCUT2D eigenvalue weighted by atomic mass is 10.2. The molecule has 2 N–H and O–H groups in total. The van der Waals surface area contributed by atoms with E-state index in [0.717, 1.165) is 11.3 Å². The third-order valence-electron chi connectivity index (χ3n) is 5.28. The monoisotopic (exact) mass is 478 g/mol. The number of anilines is 1. The first kappa shape index (κ1) is 25.1. The highest BCUT2D eigenvalue weighted by Gasteiger charge is 2.21. The molecule has 0 saturated carbocycles. The van der Waals surface area contributed by atoms with Gasteiger partial charge in [-0.3, -0.25) is 14.4 Å². The van der Waals surface area contributed by atoms with Gasteiger partial charge in [0.05, 0.1) is 25.0 Å². The van der Waals surface area contributed by atoms with Gasteiger partial charge in [-0.25, -0.2) is 0 Å². The number of benzene rings is 1. The molecule has 3 aromatic rings. The number of esters is 1. The van der Waals surface area contributed by atoms with Gasteiger partial charge in [-0.2, -0.15) is 5.26 Å². The largest absolute Gasteiger partial charge is 0.494 e. The molecule has 0 aliphatic rings. The van der Waals surface area contributed by atoms with Gasteiger partial charge in [-0.05, 0) is 62.7 Å². The van der Waals surface area contributed by atoms with Crippen molar-refractivity contribution in [1.29, 1.82) is 5.26 Å². The number of carbonyl (C=O) groups is 3. The summed E-state index contributed by atoms with van der Waals surface area (Å²) in [7, 11) is 0. The fourth-order valence-corrected chi connectivity index (χ4v) is 3.38. The summed E-state index contributed by atoms with van der Waals surface area (Å²) in [6.45, 7) is 5.32. The van der Waals surface area contributed by atoms with E-state index in [4.69, 9.17) is 13.9 Å². The predicted molar refractivity (Wildman–Crippen MR) is 126 cm³/mol. The Balaban J connectivity index is 1.54. The summed E-state index contributed by atoms with van der Waals surface area (Å²) in [5.41, 5.74) is 2.19. The van der Waals surface area contributed by atoms with Crippen LogP contribution in [-0.4, -0.2) is 42.1 Å². The van der Waals surface area contributed by atoms with Crippen molar-refractivity contribution in [3.63, 3.8) is 0 Å². The highest BCUT2D eigenvalue weighted by molar-refractivity contribution is 5.97. The highest BCUT2D eigenvalue weighted by Crippen LogP contribution is 2.27. The van der Waals surface area contributed by atoms with Crippen molar-refractivity contribution in [1.82, 2.24) is 9.88 Å². The van der Waals surface area contributed by atoms with E-state index in [-0.39, 0.29) is 0 Å². The predicted octanol–water partition coefficient (Wildman–Crippen LogP) is 2.93. The van der Waals surface area contributed by atoms with Crippen LogP contribution in [0.3, 0.4) is 0 Å². The molecule has 0 spiro atoms. The van der Waals surface area contributed by atoms with E-state index in [1.807, 2.05) is 13.8 Å². The molecule has 0 atom stereocenters. The summed E-state index contributed by atoms with van der Waals surface area (Å²) in [4.78, 5) is 36.7. The number of hydrogen-bond acceptors (Lipinski definition) is 7. The zero-order valence-electron chi connectivity index (χ0n) is 19.7. The minimum atomic E-state index is -0.779. The quantitative estimate of drug-likeness (QED) is 0.428. The first-order valence-electron chi connectivity index (χ1n) is 10.9. The number of ether oxygens (including phenoxy) is 2. The van der Waals surface area contributed by atoms with Gasteiger partial charge in [0.2, 0.25) is 0 Å². The lowest BCUT2D eigenvalue weighted by Crippen LogP contribution is -2.32. The second kappa shape index (κ2) is 11.6. The zero-order valence-corrected chi connectivity index (χ0v) is 19.7. The number of nitrogens with one attached hydrogen (secondary N) is 2. The Labute approximate surface area is 202 Å². The summed E-state index contributed by atoms with van der Waals surface area (Å²) < 4.78 is 17.4. The van der Waals surface area contributed by atoms with Crippen molar-refractivity contribution < 1.29 is 28.3 Å². The van der Waals surface area contributed by atoms with Crippen LogP contribution in [0.2, 0.25) is 0 Å². The lowest BCUT2D eigenvalue weighted by molar-refractivity contribution is -0.146. The van der Waals surface area contributed by atoms with Crippen LogP contribution in [0.5, 0.6) is 5.75 Å². The fourth-order valence-electron chi connectivity index (χ4n) is 3.38. The van der Waals surface area contributed by atoms with E-state index in [0.29, 0.717) is 41.6 Å². The Morgan fingerprint density at radius 3 is 2.51 bits per heavy atom. The van der Waals surface area contributed by atoms with Crippen molar-refractivity contribution in [2.24, 2.45) is 0 Å². The number of amides is 2. The van der Waals surface area contributed by atoms with Gasteiger partial charge in [0.25, 0.3) is 11.8 Å². The minimum Gasteiger partial charge on any atom is -0.494 e. The standard InChI is InChI=1S/C25H26N4O6/c1-4-33-19-9-7-18(8-10-19)25(32)27-13-23(31)35-15-22(30)28-24-21(12-26)16(2)17(3)29(24)14-20-6-5-11-34-20/h5-11H,4,13-15H2,1-3H3,(H,27,32)(H,28,30). The van der Waals surface area contributed by atoms with Crippen LogP contribution in [0.1, 0.15) is 39.9 Å². The maximum absolute atomic E-state index is 12.5. The van der Waals surface area contributed by atoms with Gasteiger partial charge in [-0.1, -0.05) is 0 Å². The molecule has 2 amide bonds. The molecular weight excluding hydrogens is 452 g/mol. The highest BCUT2D eigenvalue weighted by atomic mass is 16.5. The number of nitriles is 1. The summed E-state index contributed by atoms with van der Waals surface area (Å²) in [6, 6.07) is 12.1. The molecule has 0 radical (unpaired) electrons. The Kier molecular flexibility index (Phi) is 8.29. The Hall–Kier alpha value is -4.52. The molecule has 2 aromatic heterocycles. The molecule has 0 unspecified atom stereocenters. The summed E-state index contributed by atoms with van der Waals surface area (Å²) in [5, 5.41) is 14.7. The molecule has 0 saturated heterocycles. The number of furan rings is 1. The zero-order chi connectivity index (χ0) is 25.4. The first-order valence-corrected chi connectivity index (χ1v) is 10.9. The van der Waals surface area contributed by atoms with Crippen LogP contribution >= 0.6 is 0 Å². The van der Waals surface area contributed by atoms with Crippen LogP contribution in [0.4, 0.5) is 5.82 Å². The van der Waals surface area contributed by atoms with Crippen molar-refractivity contribution in [3.05, 3.63) is 70.8 Å². The van der Waals surface area contributed by atoms with Gasteiger partial charge < -0.3 is 29.1 Å². The van der Waals surface area contributed by atoms with Gasteiger partial charge in [0.15, 0.2) is 6.61 Å². The number of nitrogens with zero attached hydrogens (tertiary/aromatic N) is 2. The van der Waals surface area contributed by atoms with Crippen LogP contribution in [0.25, 0.3) is 0 Å². The Morgan fingerprint density at radius 2 is 1.89 bits per heavy atom. The van der Waals surface area contributed by atoms with E-state index in [1.54, 1.807) is 54.2 Å². The number of aromatic nitrogens is 1. The molecular formula is C25H26N4O6. The van der Waals surface area contributed by atoms with Gasteiger partial charge >= 0.3 is 5.97 Å². The third-order valence-corrected chi connectivity index (χ3v) is 5.28. The average Bonchev–Trinajstić information content (AvgIpc) is 3.44. The third kappa shape index (κ3) is 6.29. The van der Waals surface area contributed by atoms with Gasteiger partial charge in [-0.15, -0.1) is 0 Å². The SMILES string of the molecule is CCOc1ccc(C(=O)NCC(=O)OCC(=O)Nc2c(C#N)c(C)c(C)n2Cc2ccco2)cc1. The van der Waals surface area contributed by atoms with E-state index >= 15 is 0 Å². The van der Waals surface area contributed by atoms with E-state index in [1.165, 1.54) is 0 Å². The van der Waals surface area contributed by atoms with E-state index in [2.05, 4.69) is 16.7 Å². The minimum absolute atomic E-state index is 0.295. The van der Waals surface area contributed by atoms with Crippen LogP contribution in [0, 0.1) is 25.2 Å². The molecule has 0 aliphatic carbocycles. The molecule has 3 rings (SSSR count). The molecule has 35 heavy (non-hydrogen) atoms. The number of hydrogen-bond donors (Lipinski definition) is 2. The fraction of sp³-hybridized carbons (Fsp3) is 0.280. The van der Waals surface area contributed by atoms with Gasteiger partial charge in [0.1, 0.15) is 29.9 Å². The van der Waals surface area contributed by atoms with Crippen LogP contribution < -0.4 is 15.4 Å². The smallest absolute Gasteiger partial charge is 0.325 e. The average molecular weight is 479 g/mol. The molecule has 182 valence electrons. The normalized spacial score (nSPS) is 10.3. The summed E-state index contributed by atoms with van der Waals surface area (Å²) in [6.07, 6.45) is 1.54. The molecule has 2 heterocycles. The molecule has 0 fully saturated rings. The van der Waals surface area contributed by atoms with E-state index < -0.39 is 30.9 Å². The van der Waals surface area contributed by atoms with Crippen LogP contribution in [0.15, 0.2) is 47.1 Å². The second-order valence-electron chi connectivity index (χ2n) is 7.56. The maximum Gasteiger partial charge on any atom is 0.325 e. The second-order valence-corrected chi connectivity index (χ2v) is 7.56. The molecule has 0 bridgehead atoms. The Bertz CT molecular complexity index is 1240. The van der Waals surface area contributed by atoms with Gasteiger partial charge in [0, 0.05) is 11.3 Å². The first-order chi connectivity index (χ1) is 16.8. The van der Waals surface area contributed by atoms with Crippen LogP contribution in [-0.2, 0) is 20.9 Å². The molecule has 0 aliphatic heterocycles. The summed E-state index contributed by atoms with van der Waals surface area (Å²) in [5.74, 6) is -0.282. The topological polar surface area (TPSA) is 136 Å². The van der Waals surface area contributed by atoms with Crippen molar-refractivity contribution in [2.75, 3.05) is 25.1 Å². The number of rotatable bonds is 10. The maximum atomic E-state index is 12.5. The van der Waals surface area contributed by atoms with Crippen molar-refractivity contribution in [2.45, 2.75) is 27.3 Å². The Morgan fingerprint density at radius 1 is 1.14 bits per heavy atom. The number of carbonyl (C=O) groups excluding carboxylic acids is 3. The molecule has 10 heteroatoms. The van der Waals surface area contributed by atoms with Crippen molar-refractivity contribution >= 4 is 23.6 Å². The van der Waals surface area contributed by atoms with E-state index in [9.17, 15) is 19.6 Å².